The number of phenolic OH excluding ortho intramolecular Hbond substituents is 1. The number of hydrogen-bond acceptors (Lipinski definition) is 2. The van der Waals surface area contributed by atoms with Crippen molar-refractivity contribution in [2.24, 2.45) is 0 Å². The van der Waals surface area contributed by atoms with Crippen LogP contribution in [0.15, 0.2) is 40.9 Å². The van der Waals surface area contributed by atoms with E-state index in [1.54, 1.807) is 12.1 Å². The number of hydrogen-bond donors (Lipinski definition) is 1. The van der Waals surface area contributed by atoms with Crippen LogP contribution in [-0.4, -0.2) is 5.11 Å². The van der Waals surface area contributed by atoms with E-state index in [4.69, 9.17) is 16.3 Å². The van der Waals surface area contributed by atoms with Gasteiger partial charge < -0.3 is 9.84 Å². The van der Waals surface area contributed by atoms with E-state index in [9.17, 15) is 5.11 Å². The number of halogens is 2. The normalized spacial score (nSPS) is 10.5. The van der Waals surface area contributed by atoms with Crippen molar-refractivity contribution in [2.45, 2.75) is 19.4 Å². The first-order chi connectivity index (χ1) is 9.10. The van der Waals surface area contributed by atoms with Gasteiger partial charge in [-0.3, -0.25) is 0 Å². The molecule has 0 unspecified atom stereocenters. The fourth-order valence-electron chi connectivity index (χ4n) is 1.85. The number of alkyl halides is 1. The van der Waals surface area contributed by atoms with E-state index in [-0.39, 0.29) is 5.75 Å². The first-order valence-electron chi connectivity index (χ1n) is 5.86. The van der Waals surface area contributed by atoms with Gasteiger partial charge in [-0.1, -0.05) is 28.1 Å². The molecular weight excluding hydrogens is 328 g/mol. The lowest BCUT2D eigenvalue weighted by Gasteiger charge is -2.13. The topological polar surface area (TPSA) is 29.5 Å². The van der Waals surface area contributed by atoms with Crippen molar-refractivity contribution >= 4 is 27.5 Å². The number of aryl methyl sites for hydroxylation is 1. The van der Waals surface area contributed by atoms with Gasteiger partial charge in [-0.2, -0.15) is 0 Å². The van der Waals surface area contributed by atoms with Gasteiger partial charge in [-0.25, -0.2) is 0 Å². The summed E-state index contributed by atoms with van der Waals surface area (Å²) in [7, 11) is 0. The molecule has 0 aliphatic rings. The van der Waals surface area contributed by atoms with Crippen molar-refractivity contribution < 1.29 is 9.84 Å². The second kappa shape index (κ2) is 6.31. The summed E-state index contributed by atoms with van der Waals surface area (Å²) in [6, 6.07) is 10.9. The third kappa shape index (κ3) is 3.64. The molecule has 0 saturated carbocycles. The zero-order valence-electron chi connectivity index (χ0n) is 10.5. The van der Waals surface area contributed by atoms with Crippen molar-refractivity contribution in [3.05, 3.63) is 57.6 Å². The molecule has 0 aliphatic carbocycles. The van der Waals surface area contributed by atoms with Crippen molar-refractivity contribution in [2.75, 3.05) is 0 Å². The summed E-state index contributed by atoms with van der Waals surface area (Å²) in [5.74, 6) is 1.49. The van der Waals surface area contributed by atoms with Crippen LogP contribution in [0.3, 0.4) is 0 Å². The second-order valence-corrected chi connectivity index (χ2v) is 5.48. The largest absolute Gasteiger partial charge is 0.508 e. The van der Waals surface area contributed by atoms with Crippen LogP contribution in [0.25, 0.3) is 0 Å². The molecular formula is C15H14BrClO2. The molecule has 0 fully saturated rings. The minimum absolute atomic E-state index is 0.255. The predicted octanol–water partition coefficient (Wildman–Crippen LogP) is 4.78. The molecule has 0 aliphatic heterocycles. The fourth-order valence-corrected chi connectivity index (χ4v) is 2.67. The highest BCUT2D eigenvalue weighted by Gasteiger charge is 2.08. The number of phenols is 1. The highest BCUT2D eigenvalue weighted by molar-refractivity contribution is 9.10. The molecule has 2 rings (SSSR count). The summed E-state index contributed by atoms with van der Waals surface area (Å²) in [4.78, 5) is 0. The van der Waals surface area contributed by atoms with E-state index < -0.39 is 0 Å². The van der Waals surface area contributed by atoms with E-state index in [0.717, 1.165) is 26.9 Å². The maximum atomic E-state index is 9.24. The molecule has 0 aromatic heterocycles. The minimum Gasteiger partial charge on any atom is -0.508 e. The van der Waals surface area contributed by atoms with Crippen LogP contribution in [0.5, 0.6) is 11.5 Å². The molecule has 100 valence electrons. The number of benzene rings is 2. The molecule has 0 saturated heterocycles. The zero-order chi connectivity index (χ0) is 13.8. The summed E-state index contributed by atoms with van der Waals surface area (Å²) in [5.41, 5.74) is 3.01. The average Bonchev–Trinajstić information content (AvgIpc) is 2.39. The molecule has 0 atom stereocenters. The van der Waals surface area contributed by atoms with Crippen molar-refractivity contribution in [3.63, 3.8) is 0 Å². The lowest BCUT2D eigenvalue weighted by atomic mass is 10.1. The quantitative estimate of drug-likeness (QED) is 0.811. The number of rotatable bonds is 4. The van der Waals surface area contributed by atoms with Gasteiger partial charge in [0.15, 0.2) is 0 Å². The summed E-state index contributed by atoms with van der Waals surface area (Å²) >= 11 is 9.39. The molecule has 2 aromatic carbocycles. The Morgan fingerprint density at radius 1 is 1.21 bits per heavy atom. The minimum atomic E-state index is 0.255. The Morgan fingerprint density at radius 3 is 2.53 bits per heavy atom. The van der Waals surface area contributed by atoms with Crippen molar-refractivity contribution in [1.29, 1.82) is 0 Å². The Labute approximate surface area is 126 Å². The summed E-state index contributed by atoms with van der Waals surface area (Å²) in [6.45, 7) is 2.44. The molecule has 0 spiro atoms. The van der Waals surface area contributed by atoms with Gasteiger partial charge >= 0.3 is 0 Å². The van der Waals surface area contributed by atoms with Crippen molar-refractivity contribution in [3.8, 4) is 11.5 Å². The third-order valence-corrected chi connectivity index (χ3v) is 3.53. The molecule has 0 heterocycles. The van der Waals surface area contributed by atoms with E-state index in [0.29, 0.717) is 12.5 Å². The summed E-state index contributed by atoms with van der Waals surface area (Å²) in [6.07, 6.45) is 0. The van der Waals surface area contributed by atoms with E-state index in [2.05, 4.69) is 15.9 Å². The monoisotopic (exact) mass is 340 g/mol. The first kappa shape index (κ1) is 14.2. The van der Waals surface area contributed by atoms with Crippen molar-refractivity contribution in [1.82, 2.24) is 0 Å². The van der Waals surface area contributed by atoms with Crippen LogP contribution in [0.1, 0.15) is 16.7 Å². The van der Waals surface area contributed by atoms with E-state index in [1.807, 2.05) is 31.2 Å². The van der Waals surface area contributed by atoms with Crippen LogP contribution in [0, 0.1) is 6.92 Å². The van der Waals surface area contributed by atoms with Gasteiger partial charge in [-0.05, 0) is 42.3 Å². The van der Waals surface area contributed by atoms with Gasteiger partial charge in [0.05, 0.1) is 5.88 Å². The second-order valence-electron chi connectivity index (χ2n) is 4.30. The highest BCUT2D eigenvalue weighted by atomic mass is 79.9. The zero-order valence-corrected chi connectivity index (χ0v) is 12.8. The third-order valence-electron chi connectivity index (χ3n) is 2.78. The molecule has 0 bridgehead atoms. The smallest absolute Gasteiger partial charge is 0.127 e. The summed E-state index contributed by atoms with van der Waals surface area (Å²) in [5, 5.41) is 9.24. The Bertz CT molecular complexity index is 567. The highest BCUT2D eigenvalue weighted by Crippen LogP contribution is 2.30. The molecule has 0 amide bonds. The lowest BCUT2D eigenvalue weighted by Crippen LogP contribution is -2.00. The average molecular weight is 342 g/mol. The van der Waals surface area contributed by atoms with Gasteiger partial charge in [-0.15, -0.1) is 11.6 Å². The van der Waals surface area contributed by atoms with Crippen LogP contribution < -0.4 is 4.74 Å². The number of aromatic hydroxyl groups is 1. The Kier molecular flexibility index (Phi) is 4.72. The van der Waals surface area contributed by atoms with Gasteiger partial charge in [0.2, 0.25) is 0 Å². The molecule has 0 radical (unpaired) electrons. The van der Waals surface area contributed by atoms with Crippen LogP contribution >= 0.6 is 27.5 Å². The SMILES string of the molecule is Cc1cc(Br)cc(CCl)c1OCc1ccc(O)cc1. The molecule has 2 nitrogen and oxygen atoms in total. The Hall–Kier alpha value is -1.19. The van der Waals surface area contributed by atoms with Crippen LogP contribution in [0.4, 0.5) is 0 Å². The first-order valence-corrected chi connectivity index (χ1v) is 7.18. The predicted molar refractivity (Wildman–Crippen MR) is 80.9 cm³/mol. The standard InChI is InChI=1S/C15H14BrClO2/c1-10-6-13(16)7-12(8-17)15(10)19-9-11-2-4-14(18)5-3-11/h2-7,18H,8-9H2,1H3. The maximum absolute atomic E-state index is 9.24. The molecule has 4 heteroatoms. The number of ether oxygens (including phenoxy) is 1. The van der Waals surface area contributed by atoms with Gasteiger partial charge in [0.1, 0.15) is 18.1 Å². The summed E-state index contributed by atoms with van der Waals surface area (Å²) < 4.78 is 6.85. The van der Waals surface area contributed by atoms with Crippen LogP contribution in [-0.2, 0) is 12.5 Å². The molecule has 1 N–H and O–H groups in total. The maximum Gasteiger partial charge on any atom is 0.127 e. The Balaban J connectivity index is 2.17. The van der Waals surface area contributed by atoms with E-state index in [1.165, 1.54) is 0 Å². The lowest BCUT2D eigenvalue weighted by molar-refractivity contribution is 0.301. The Morgan fingerprint density at radius 2 is 1.89 bits per heavy atom. The fraction of sp³-hybridized carbons (Fsp3) is 0.200. The molecule has 2 aromatic rings. The molecule has 19 heavy (non-hydrogen) atoms. The van der Waals surface area contributed by atoms with Crippen LogP contribution in [0.2, 0.25) is 0 Å². The van der Waals surface area contributed by atoms with Gasteiger partial charge in [0.25, 0.3) is 0 Å². The van der Waals surface area contributed by atoms with Gasteiger partial charge in [0, 0.05) is 10.0 Å². The van der Waals surface area contributed by atoms with E-state index >= 15 is 0 Å².